The molecule has 0 amide bonds. The third-order valence-electron chi connectivity index (χ3n) is 2.30. The van der Waals surface area contributed by atoms with Gasteiger partial charge in [0.1, 0.15) is 11.9 Å². The molecular formula is C13H20BrNO. The van der Waals surface area contributed by atoms with E-state index in [0.29, 0.717) is 0 Å². The van der Waals surface area contributed by atoms with Gasteiger partial charge in [0.25, 0.3) is 0 Å². The van der Waals surface area contributed by atoms with Crippen LogP contribution >= 0.6 is 15.9 Å². The molecule has 0 radical (unpaired) electrons. The number of halogens is 1. The lowest BCUT2D eigenvalue weighted by Gasteiger charge is -2.16. The summed E-state index contributed by atoms with van der Waals surface area (Å²) < 4.78 is 6.83. The second kappa shape index (κ2) is 7.69. The van der Waals surface area contributed by atoms with Crippen molar-refractivity contribution in [2.45, 2.75) is 32.8 Å². The highest BCUT2D eigenvalue weighted by Gasteiger charge is 2.05. The molecule has 2 nitrogen and oxygen atoms in total. The van der Waals surface area contributed by atoms with E-state index in [9.17, 15) is 0 Å². The van der Waals surface area contributed by atoms with Gasteiger partial charge in [-0.3, -0.25) is 0 Å². The Labute approximate surface area is 107 Å². The fourth-order valence-corrected chi connectivity index (χ4v) is 1.78. The number of nitrogens with one attached hydrogen (secondary N) is 1. The lowest BCUT2D eigenvalue weighted by Crippen LogP contribution is -2.29. The van der Waals surface area contributed by atoms with Crippen molar-refractivity contribution in [3.8, 4) is 5.75 Å². The maximum atomic E-state index is 5.82. The van der Waals surface area contributed by atoms with Crippen LogP contribution in [0.25, 0.3) is 0 Å². The summed E-state index contributed by atoms with van der Waals surface area (Å²) >= 11 is 3.47. The average Bonchev–Trinajstić information content (AvgIpc) is 2.28. The van der Waals surface area contributed by atoms with E-state index in [0.717, 1.165) is 23.3 Å². The van der Waals surface area contributed by atoms with E-state index in [2.05, 4.69) is 35.1 Å². The first-order valence-corrected chi connectivity index (χ1v) is 6.65. The van der Waals surface area contributed by atoms with Crippen LogP contribution in [0.4, 0.5) is 0 Å². The summed E-state index contributed by atoms with van der Waals surface area (Å²) in [6, 6.07) is 7.94. The topological polar surface area (TPSA) is 21.3 Å². The summed E-state index contributed by atoms with van der Waals surface area (Å²) in [7, 11) is 0. The SMILES string of the molecule is CCCCNCC(C)Oc1ccccc1Br. The van der Waals surface area contributed by atoms with E-state index < -0.39 is 0 Å². The molecule has 1 N–H and O–H groups in total. The van der Waals surface area contributed by atoms with Gasteiger partial charge in [-0.25, -0.2) is 0 Å². The van der Waals surface area contributed by atoms with Gasteiger partial charge in [0.2, 0.25) is 0 Å². The summed E-state index contributed by atoms with van der Waals surface area (Å²) in [6.07, 6.45) is 2.64. The van der Waals surface area contributed by atoms with Crippen molar-refractivity contribution in [1.82, 2.24) is 5.32 Å². The normalized spacial score (nSPS) is 12.4. The molecule has 1 atom stereocenters. The molecule has 0 saturated heterocycles. The summed E-state index contributed by atoms with van der Waals surface area (Å²) in [5.74, 6) is 0.910. The monoisotopic (exact) mass is 285 g/mol. The quantitative estimate of drug-likeness (QED) is 0.773. The Morgan fingerprint density at radius 2 is 2.12 bits per heavy atom. The number of hydrogen-bond acceptors (Lipinski definition) is 2. The molecule has 1 aromatic rings. The molecule has 1 unspecified atom stereocenters. The Hall–Kier alpha value is -0.540. The molecule has 0 aliphatic heterocycles. The highest BCUT2D eigenvalue weighted by Crippen LogP contribution is 2.24. The fourth-order valence-electron chi connectivity index (χ4n) is 1.41. The van der Waals surface area contributed by atoms with Crippen molar-refractivity contribution in [2.75, 3.05) is 13.1 Å². The lowest BCUT2D eigenvalue weighted by atomic mass is 10.3. The molecular weight excluding hydrogens is 266 g/mol. The zero-order valence-electron chi connectivity index (χ0n) is 10.0. The van der Waals surface area contributed by atoms with Crippen molar-refractivity contribution in [3.63, 3.8) is 0 Å². The van der Waals surface area contributed by atoms with Crippen molar-refractivity contribution in [2.24, 2.45) is 0 Å². The summed E-state index contributed by atoms with van der Waals surface area (Å²) in [5.41, 5.74) is 0. The fraction of sp³-hybridized carbons (Fsp3) is 0.538. The van der Waals surface area contributed by atoms with Crippen LogP contribution in [0.15, 0.2) is 28.7 Å². The molecule has 1 rings (SSSR count). The van der Waals surface area contributed by atoms with Crippen LogP contribution in [-0.2, 0) is 0 Å². The largest absolute Gasteiger partial charge is 0.488 e. The zero-order valence-corrected chi connectivity index (χ0v) is 11.6. The molecule has 0 heterocycles. The van der Waals surface area contributed by atoms with Crippen molar-refractivity contribution in [1.29, 1.82) is 0 Å². The minimum atomic E-state index is 0.190. The molecule has 0 bridgehead atoms. The molecule has 0 aromatic heterocycles. The molecule has 90 valence electrons. The first-order valence-electron chi connectivity index (χ1n) is 5.86. The van der Waals surface area contributed by atoms with Crippen LogP contribution in [0.3, 0.4) is 0 Å². The van der Waals surface area contributed by atoms with E-state index in [1.165, 1.54) is 12.8 Å². The van der Waals surface area contributed by atoms with Gasteiger partial charge in [0, 0.05) is 6.54 Å². The van der Waals surface area contributed by atoms with Gasteiger partial charge in [-0.15, -0.1) is 0 Å². The van der Waals surface area contributed by atoms with Gasteiger partial charge in [0.15, 0.2) is 0 Å². The van der Waals surface area contributed by atoms with Gasteiger partial charge in [0.05, 0.1) is 4.47 Å². The standard InChI is InChI=1S/C13H20BrNO/c1-3-4-9-15-10-11(2)16-13-8-6-5-7-12(13)14/h5-8,11,15H,3-4,9-10H2,1-2H3. The first kappa shape index (κ1) is 13.5. The average molecular weight is 286 g/mol. The highest BCUT2D eigenvalue weighted by atomic mass is 79.9. The van der Waals surface area contributed by atoms with Crippen LogP contribution < -0.4 is 10.1 Å². The maximum Gasteiger partial charge on any atom is 0.133 e. The third kappa shape index (κ3) is 4.99. The van der Waals surface area contributed by atoms with Crippen LogP contribution in [0, 0.1) is 0 Å². The Morgan fingerprint density at radius 1 is 1.38 bits per heavy atom. The Bertz CT molecular complexity index is 304. The number of ether oxygens (including phenoxy) is 1. The lowest BCUT2D eigenvalue weighted by molar-refractivity contribution is 0.216. The van der Waals surface area contributed by atoms with Gasteiger partial charge in [-0.2, -0.15) is 0 Å². The third-order valence-corrected chi connectivity index (χ3v) is 2.96. The number of hydrogen-bond donors (Lipinski definition) is 1. The first-order chi connectivity index (χ1) is 7.74. The summed E-state index contributed by atoms with van der Waals surface area (Å²) in [5, 5.41) is 3.39. The Kier molecular flexibility index (Phi) is 6.50. The zero-order chi connectivity index (χ0) is 11.8. The Balaban J connectivity index is 2.28. The second-order valence-corrected chi connectivity index (χ2v) is 4.77. The molecule has 1 aromatic carbocycles. The van der Waals surface area contributed by atoms with Gasteiger partial charge < -0.3 is 10.1 Å². The number of rotatable bonds is 7. The maximum absolute atomic E-state index is 5.82. The Morgan fingerprint density at radius 3 is 2.81 bits per heavy atom. The van der Waals surface area contributed by atoms with Crippen molar-refractivity contribution >= 4 is 15.9 Å². The van der Waals surface area contributed by atoms with E-state index in [4.69, 9.17) is 4.74 Å². The number of unbranched alkanes of at least 4 members (excludes halogenated alkanes) is 1. The molecule has 3 heteroatoms. The molecule has 0 fully saturated rings. The molecule has 0 aliphatic rings. The molecule has 16 heavy (non-hydrogen) atoms. The van der Waals surface area contributed by atoms with Crippen LogP contribution in [0.5, 0.6) is 5.75 Å². The molecule has 0 aliphatic carbocycles. The van der Waals surface area contributed by atoms with Crippen LogP contribution in [-0.4, -0.2) is 19.2 Å². The smallest absolute Gasteiger partial charge is 0.133 e. The predicted octanol–water partition coefficient (Wildman–Crippen LogP) is 3.61. The number of benzene rings is 1. The molecule has 0 saturated carbocycles. The van der Waals surface area contributed by atoms with Crippen LogP contribution in [0.2, 0.25) is 0 Å². The van der Waals surface area contributed by atoms with Gasteiger partial charge >= 0.3 is 0 Å². The van der Waals surface area contributed by atoms with E-state index in [1.54, 1.807) is 0 Å². The summed E-state index contributed by atoms with van der Waals surface area (Å²) in [4.78, 5) is 0. The van der Waals surface area contributed by atoms with E-state index in [1.807, 2.05) is 24.3 Å². The summed E-state index contributed by atoms with van der Waals surface area (Å²) in [6.45, 7) is 6.24. The van der Waals surface area contributed by atoms with Gasteiger partial charge in [-0.1, -0.05) is 25.5 Å². The van der Waals surface area contributed by atoms with E-state index >= 15 is 0 Å². The molecule has 0 spiro atoms. The minimum absolute atomic E-state index is 0.190. The van der Waals surface area contributed by atoms with Gasteiger partial charge in [-0.05, 0) is 48.0 Å². The predicted molar refractivity (Wildman–Crippen MR) is 72.0 cm³/mol. The highest BCUT2D eigenvalue weighted by molar-refractivity contribution is 9.10. The van der Waals surface area contributed by atoms with Crippen molar-refractivity contribution < 1.29 is 4.74 Å². The van der Waals surface area contributed by atoms with E-state index in [-0.39, 0.29) is 6.10 Å². The number of para-hydroxylation sites is 1. The minimum Gasteiger partial charge on any atom is -0.488 e. The van der Waals surface area contributed by atoms with Crippen LogP contribution in [0.1, 0.15) is 26.7 Å². The van der Waals surface area contributed by atoms with Crippen molar-refractivity contribution in [3.05, 3.63) is 28.7 Å². The second-order valence-electron chi connectivity index (χ2n) is 3.92.